The molecule has 0 saturated carbocycles. The summed E-state index contributed by atoms with van der Waals surface area (Å²) < 4.78 is 7.37. The van der Waals surface area contributed by atoms with Crippen molar-refractivity contribution in [2.75, 3.05) is 17.8 Å². The van der Waals surface area contributed by atoms with Crippen LogP contribution >= 0.6 is 18.9 Å². The fraction of sp³-hybridized carbons (Fsp3) is 0.250. The first-order valence-electron chi connectivity index (χ1n) is 3.79. The Morgan fingerprint density at radius 1 is 1.33 bits per heavy atom. The second kappa shape index (κ2) is 3.61. The van der Waals surface area contributed by atoms with Gasteiger partial charge in [-0.15, -0.1) is 0 Å². The lowest BCUT2D eigenvalue weighted by atomic mass is 10.3. The maximum Gasteiger partial charge on any atom is 0.236 e. The largest absolute Gasteiger partial charge is 0.325 e. The lowest BCUT2D eigenvalue weighted by Gasteiger charge is -2.18. The van der Waals surface area contributed by atoms with Gasteiger partial charge in [0.2, 0.25) is 7.65 Å². The zero-order valence-corrected chi connectivity index (χ0v) is 8.13. The number of hydrogen-bond acceptors (Lipinski definition) is 2. The summed E-state index contributed by atoms with van der Waals surface area (Å²) in [6.45, 7) is 1.64. The van der Waals surface area contributed by atoms with Crippen molar-refractivity contribution in [3.8, 4) is 0 Å². The van der Waals surface area contributed by atoms with Crippen LogP contribution in [-0.4, -0.2) is 13.2 Å². The van der Waals surface area contributed by atoms with Gasteiger partial charge in [0, 0.05) is 12.2 Å². The Morgan fingerprint density at radius 3 is 2.67 bits per heavy atom. The number of anilines is 1. The van der Waals surface area contributed by atoms with Crippen LogP contribution in [0.15, 0.2) is 30.3 Å². The van der Waals surface area contributed by atoms with E-state index in [0.717, 1.165) is 18.8 Å². The summed E-state index contributed by atoms with van der Waals surface area (Å²) in [5.74, 6) is 0. The number of nitrogens with zero attached hydrogens (tertiary/aromatic N) is 1. The molecule has 0 bridgehead atoms. The average molecular weight is 202 g/mol. The van der Waals surface area contributed by atoms with Crippen molar-refractivity contribution in [2.24, 2.45) is 0 Å². The first-order valence-corrected chi connectivity index (χ1v) is 5.91. The van der Waals surface area contributed by atoms with Crippen LogP contribution in [-0.2, 0) is 4.52 Å². The second-order valence-electron chi connectivity index (χ2n) is 2.52. The number of para-hydroxylation sites is 1. The number of rotatable bonds is 1. The van der Waals surface area contributed by atoms with Crippen LogP contribution in [0.5, 0.6) is 0 Å². The average Bonchev–Trinajstić information content (AvgIpc) is 2.53. The predicted octanol–water partition coefficient (Wildman–Crippen LogP) is 2.99. The summed E-state index contributed by atoms with van der Waals surface area (Å²) in [4.78, 5) is 0. The van der Waals surface area contributed by atoms with E-state index >= 15 is 0 Å². The highest BCUT2D eigenvalue weighted by Crippen LogP contribution is 2.52. The van der Waals surface area contributed by atoms with Crippen LogP contribution in [0.2, 0.25) is 0 Å². The van der Waals surface area contributed by atoms with E-state index in [4.69, 9.17) is 15.8 Å². The molecule has 1 aromatic carbocycles. The van der Waals surface area contributed by atoms with Gasteiger partial charge in [0.15, 0.2) is 0 Å². The topological polar surface area (TPSA) is 12.5 Å². The molecule has 1 aliphatic heterocycles. The van der Waals surface area contributed by atoms with Gasteiger partial charge in [-0.2, -0.15) is 0 Å². The molecular formula is C8H9ClNOP. The van der Waals surface area contributed by atoms with Gasteiger partial charge in [0.05, 0.1) is 6.61 Å². The lowest BCUT2D eigenvalue weighted by molar-refractivity contribution is 0.405. The molecule has 4 heteroatoms. The molecule has 2 nitrogen and oxygen atoms in total. The number of hydrogen-bond donors (Lipinski definition) is 0. The molecule has 0 aliphatic carbocycles. The standard InChI is InChI=1S/C8H9ClNOP/c9-12-10(6-7-11-12)8-4-2-1-3-5-8/h1-5H,6-7H2. The third kappa shape index (κ3) is 1.56. The first kappa shape index (κ1) is 8.31. The van der Waals surface area contributed by atoms with Gasteiger partial charge in [-0.3, -0.25) is 0 Å². The third-order valence-corrected chi connectivity index (χ3v) is 3.79. The molecule has 64 valence electrons. The van der Waals surface area contributed by atoms with Crippen molar-refractivity contribution in [1.82, 2.24) is 0 Å². The molecule has 1 heterocycles. The zero-order valence-electron chi connectivity index (χ0n) is 6.48. The van der Waals surface area contributed by atoms with Crippen molar-refractivity contribution in [1.29, 1.82) is 0 Å². The van der Waals surface area contributed by atoms with E-state index in [1.165, 1.54) is 0 Å². The summed E-state index contributed by atoms with van der Waals surface area (Å²) in [6, 6.07) is 10.1. The zero-order chi connectivity index (χ0) is 8.39. The molecule has 1 unspecified atom stereocenters. The maximum atomic E-state index is 5.98. The third-order valence-electron chi connectivity index (χ3n) is 1.74. The summed E-state index contributed by atoms with van der Waals surface area (Å²) in [7, 11) is -0.899. The highest BCUT2D eigenvalue weighted by molar-refractivity contribution is 7.81. The molecule has 1 saturated heterocycles. The second-order valence-corrected chi connectivity index (χ2v) is 4.58. The molecule has 1 aliphatic rings. The Hall–Kier alpha value is -0.300. The van der Waals surface area contributed by atoms with E-state index in [1.54, 1.807) is 0 Å². The lowest BCUT2D eigenvalue weighted by Crippen LogP contribution is -2.10. The van der Waals surface area contributed by atoms with Crippen LogP contribution in [0.1, 0.15) is 0 Å². The van der Waals surface area contributed by atoms with Crippen molar-refractivity contribution in [3.63, 3.8) is 0 Å². The molecule has 12 heavy (non-hydrogen) atoms. The van der Waals surface area contributed by atoms with Gasteiger partial charge in [0.25, 0.3) is 0 Å². The van der Waals surface area contributed by atoms with Crippen molar-refractivity contribution < 1.29 is 4.52 Å². The molecule has 0 aromatic heterocycles. The smallest absolute Gasteiger partial charge is 0.236 e. The van der Waals surface area contributed by atoms with Crippen molar-refractivity contribution >= 4 is 24.6 Å². The minimum atomic E-state index is -0.899. The van der Waals surface area contributed by atoms with E-state index < -0.39 is 7.65 Å². The van der Waals surface area contributed by atoms with Crippen molar-refractivity contribution in [2.45, 2.75) is 0 Å². The van der Waals surface area contributed by atoms with Gasteiger partial charge in [-0.05, 0) is 23.4 Å². The molecule has 1 aromatic rings. The van der Waals surface area contributed by atoms with E-state index in [-0.39, 0.29) is 0 Å². The number of halogens is 1. The summed E-state index contributed by atoms with van der Waals surface area (Å²) in [5.41, 5.74) is 1.15. The van der Waals surface area contributed by atoms with Gasteiger partial charge in [0.1, 0.15) is 0 Å². The normalized spacial score (nSPS) is 23.1. The van der Waals surface area contributed by atoms with Gasteiger partial charge in [-0.25, -0.2) is 0 Å². The minimum Gasteiger partial charge on any atom is -0.325 e. The molecule has 1 atom stereocenters. The van der Waals surface area contributed by atoms with Crippen LogP contribution in [0.3, 0.4) is 0 Å². The highest BCUT2D eigenvalue weighted by Gasteiger charge is 2.23. The molecule has 1 fully saturated rings. The van der Waals surface area contributed by atoms with Gasteiger partial charge < -0.3 is 9.19 Å². The predicted molar refractivity (Wildman–Crippen MR) is 52.5 cm³/mol. The SMILES string of the molecule is ClP1OCCN1c1ccccc1. The molecule has 2 rings (SSSR count). The van der Waals surface area contributed by atoms with E-state index in [9.17, 15) is 0 Å². The Labute approximate surface area is 77.8 Å². The summed E-state index contributed by atoms with van der Waals surface area (Å²) in [6.07, 6.45) is 0. The Morgan fingerprint density at radius 2 is 2.08 bits per heavy atom. The van der Waals surface area contributed by atoms with Crippen LogP contribution in [0.25, 0.3) is 0 Å². The number of benzene rings is 1. The monoisotopic (exact) mass is 201 g/mol. The molecule has 0 N–H and O–H groups in total. The highest BCUT2D eigenvalue weighted by atomic mass is 35.7. The minimum absolute atomic E-state index is 0.740. The summed E-state index contributed by atoms with van der Waals surface area (Å²) >= 11 is 5.98. The summed E-state index contributed by atoms with van der Waals surface area (Å²) in [5, 5.41) is 0. The first-order chi connectivity index (χ1) is 5.88. The fourth-order valence-corrected chi connectivity index (χ4v) is 2.79. The van der Waals surface area contributed by atoms with E-state index in [1.807, 2.05) is 30.3 Å². The van der Waals surface area contributed by atoms with E-state index in [2.05, 4.69) is 4.67 Å². The van der Waals surface area contributed by atoms with Crippen LogP contribution in [0.4, 0.5) is 5.69 Å². The quantitative estimate of drug-likeness (QED) is 0.648. The fourth-order valence-electron chi connectivity index (χ4n) is 1.17. The van der Waals surface area contributed by atoms with Gasteiger partial charge in [-0.1, -0.05) is 18.2 Å². The van der Waals surface area contributed by atoms with Crippen LogP contribution in [0, 0.1) is 0 Å². The van der Waals surface area contributed by atoms with Crippen LogP contribution < -0.4 is 4.67 Å². The molecule has 0 spiro atoms. The molecule has 0 radical (unpaired) electrons. The Balaban J connectivity index is 2.19. The molecular weight excluding hydrogens is 193 g/mol. The Kier molecular flexibility index (Phi) is 2.50. The Bertz CT molecular complexity index is 256. The van der Waals surface area contributed by atoms with Gasteiger partial charge >= 0.3 is 0 Å². The van der Waals surface area contributed by atoms with E-state index in [0.29, 0.717) is 0 Å². The maximum absolute atomic E-state index is 5.98. The van der Waals surface area contributed by atoms with Crippen molar-refractivity contribution in [3.05, 3.63) is 30.3 Å². The molecule has 0 amide bonds.